The van der Waals surface area contributed by atoms with Gasteiger partial charge in [0.1, 0.15) is 0 Å². The van der Waals surface area contributed by atoms with Crippen molar-refractivity contribution in [3.8, 4) is 0 Å². The second-order valence-electron chi connectivity index (χ2n) is 4.28. The van der Waals surface area contributed by atoms with Gasteiger partial charge in [-0.3, -0.25) is 4.90 Å². The normalized spacial score (nSPS) is 18.1. The van der Waals surface area contributed by atoms with Crippen LogP contribution in [0.3, 0.4) is 0 Å². The Morgan fingerprint density at radius 2 is 2.00 bits per heavy atom. The van der Waals surface area contributed by atoms with E-state index in [1.165, 1.54) is 18.4 Å². The molecule has 0 radical (unpaired) electrons. The van der Waals surface area contributed by atoms with E-state index in [2.05, 4.69) is 36.1 Å². The Kier molecular flexibility index (Phi) is 3.39. The number of aliphatic hydroxyl groups excluding tert-OH is 1. The van der Waals surface area contributed by atoms with Crippen LogP contribution in [0.5, 0.6) is 0 Å². The van der Waals surface area contributed by atoms with E-state index in [-0.39, 0.29) is 6.61 Å². The zero-order valence-electron chi connectivity index (χ0n) is 9.26. The van der Waals surface area contributed by atoms with Crippen LogP contribution in [0.15, 0.2) is 30.3 Å². The first-order valence-electron chi connectivity index (χ1n) is 5.74. The van der Waals surface area contributed by atoms with Crippen molar-refractivity contribution in [2.75, 3.05) is 13.2 Å². The van der Waals surface area contributed by atoms with Gasteiger partial charge in [0.2, 0.25) is 0 Å². The Labute approximate surface area is 91.5 Å². The highest BCUT2D eigenvalue weighted by Gasteiger charge is 2.31. The predicted octanol–water partition coefficient (Wildman–Crippen LogP) is 2.20. The summed E-state index contributed by atoms with van der Waals surface area (Å²) in [5, 5.41) is 9.07. The second-order valence-corrected chi connectivity index (χ2v) is 4.28. The Bertz CT molecular complexity index is 295. The minimum atomic E-state index is 0.258. The number of benzene rings is 1. The fourth-order valence-corrected chi connectivity index (χ4v) is 2.14. The average molecular weight is 205 g/mol. The average Bonchev–Trinajstić information content (AvgIpc) is 3.10. The number of rotatable bonds is 5. The van der Waals surface area contributed by atoms with Crippen molar-refractivity contribution in [1.82, 2.24) is 4.90 Å². The third-order valence-corrected chi connectivity index (χ3v) is 3.15. The van der Waals surface area contributed by atoms with Gasteiger partial charge < -0.3 is 5.11 Å². The van der Waals surface area contributed by atoms with E-state index in [0.717, 1.165) is 6.54 Å². The van der Waals surface area contributed by atoms with Gasteiger partial charge in [-0.05, 0) is 25.3 Å². The van der Waals surface area contributed by atoms with Crippen LogP contribution in [0.25, 0.3) is 0 Å². The molecule has 1 aliphatic carbocycles. The molecule has 1 aromatic rings. The lowest BCUT2D eigenvalue weighted by Crippen LogP contribution is -2.31. The number of nitrogens with zero attached hydrogens (tertiary/aromatic N) is 1. The highest BCUT2D eigenvalue weighted by molar-refractivity contribution is 5.18. The highest BCUT2D eigenvalue weighted by Crippen LogP contribution is 2.33. The lowest BCUT2D eigenvalue weighted by Gasteiger charge is -2.28. The van der Waals surface area contributed by atoms with Gasteiger partial charge in [0.05, 0.1) is 6.61 Å². The summed E-state index contributed by atoms with van der Waals surface area (Å²) in [6.45, 7) is 3.28. The molecule has 0 bridgehead atoms. The summed E-state index contributed by atoms with van der Waals surface area (Å²) < 4.78 is 0. The minimum absolute atomic E-state index is 0.258. The molecule has 0 spiro atoms. The molecule has 1 unspecified atom stereocenters. The van der Waals surface area contributed by atoms with Gasteiger partial charge in [0.15, 0.2) is 0 Å². The quantitative estimate of drug-likeness (QED) is 0.796. The Morgan fingerprint density at radius 3 is 2.53 bits per heavy atom. The van der Waals surface area contributed by atoms with Crippen LogP contribution in [0, 0.1) is 0 Å². The van der Waals surface area contributed by atoms with Gasteiger partial charge in [-0.1, -0.05) is 30.3 Å². The molecule has 2 rings (SSSR count). The molecule has 2 nitrogen and oxygen atoms in total. The van der Waals surface area contributed by atoms with Crippen LogP contribution < -0.4 is 0 Å². The van der Waals surface area contributed by atoms with Crippen molar-refractivity contribution < 1.29 is 5.11 Å². The minimum Gasteiger partial charge on any atom is -0.395 e. The topological polar surface area (TPSA) is 23.5 Å². The van der Waals surface area contributed by atoms with Gasteiger partial charge in [-0.15, -0.1) is 0 Å². The van der Waals surface area contributed by atoms with Crippen molar-refractivity contribution in [3.05, 3.63) is 35.9 Å². The first kappa shape index (κ1) is 10.7. The molecular formula is C13H19NO. The van der Waals surface area contributed by atoms with Crippen molar-refractivity contribution in [3.63, 3.8) is 0 Å². The molecule has 82 valence electrons. The monoisotopic (exact) mass is 205 g/mol. The summed E-state index contributed by atoms with van der Waals surface area (Å²) in [4.78, 5) is 2.41. The highest BCUT2D eigenvalue weighted by atomic mass is 16.3. The van der Waals surface area contributed by atoms with Crippen molar-refractivity contribution >= 4 is 0 Å². The first-order chi connectivity index (χ1) is 7.33. The van der Waals surface area contributed by atoms with E-state index in [4.69, 9.17) is 5.11 Å². The Hall–Kier alpha value is -0.860. The van der Waals surface area contributed by atoms with Crippen LogP contribution in [0.2, 0.25) is 0 Å². The van der Waals surface area contributed by atoms with Crippen LogP contribution in [0.4, 0.5) is 0 Å². The number of aliphatic hydroxyl groups is 1. The van der Waals surface area contributed by atoms with Crippen LogP contribution in [0.1, 0.15) is 31.4 Å². The lowest BCUT2D eigenvalue weighted by molar-refractivity contribution is 0.151. The Morgan fingerprint density at radius 1 is 1.33 bits per heavy atom. The maximum atomic E-state index is 9.07. The molecule has 1 aliphatic rings. The van der Waals surface area contributed by atoms with E-state index >= 15 is 0 Å². The summed E-state index contributed by atoms with van der Waals surface area (Å²) in [6.07, 6.45) is 2.58. The fourth-order valence-electron chi connectivity index (χ4n) is 2.14. The summed E-state index contributed by atoms with van der Waals surface area (Å²) in [7, 11) is 0. The first-order valence-corrected chi connectivity index (χ1v) is 5.74. The van der Waals surface area contributed by atoms with Crippen LogP contribution in [-0.2, 0) is 0 Å². The molecule has 0 amide bonds. The maximum Gasteiger partial charge on any atom is 0.0558 e. The standard InChI is InChI=1S/C13H19NO/c1-11(12-5-3-2-4-6-12)14(9-10-15)13-7-8-13/h2-6,11,13,15H,7-10H2,1H3. The number of hydrogen-bond donors (Lipinski definition) is 1. The van der Waals surface area contributed by atoms with E-state index in [1.54, 1.807) is 0 Å². The summed E-state index contributed by atoms with van der Waals surface area (Å²) in [6, 6.07) is 11.7. The third kappa shape index (κ3) is 2.58. The molecule has 2 heteroatoms. The number of hydrogen-bond acceptors (Lipinski definition) is 2. The summed E-state index contributed by atoms with van der Waals surface area (Å²) in [5.74, 6) is 0. The Balaban J connectivity index is 2.07. The van der Waals surface area contributed by atoms with Gasteiger partial charge in [-0.2, -0.15) is 0 Å². The molecule has 0 saturated heterocycles. The van der Waals surface area contributed by atoms with E-state index in [0.29, 0.717) is 12.1 Å². The molecule has 1 N–H and O–H groups in total. The van der Waals surface area contributed by atoms with Crippen molar-refractivity contribution in [1.29, 1.82) is 0 Å². The van der Waals surface area contributed by atoms with E-state index in [9.17, 15) is 0 Å². The maximum absolute atomic E-state index is 9.07. The van der Waals surface area contributed by atoms with Gasteiger partial charge in [0, 0.05) is 18.6 Å². The molecule has 1 fully saturated rings. The van der Waals surface area contributed by atoms with Crippen molar-refractivity contribution in [2.45, 2.75) is 31.8 Å². The van der Waals surface area contributed by atoms with Gasteiger partial charge in [0.25, 0.3) is 0 Å². The molecular weight excluding hydrogens is 186 g/mol. The largest absolute Gasteiger partial charge is 0.395 e. The van der Waals surface area contributed by atoms with Crippen molar-refractivity contribution in [2.24, 2.45) is 0 Å². The SMILES string of the molecule is CC(c1ccccc1)N(CCO)C1CC1. The molecule has 0 aromatic heterocycles. The smallest absolute Gasteiger partial charge is 0.0558 e. The van der Waals surface area contributed by atoms with E-state index < -0.39 is 0 Å². The van der Waals surface area contributed by atoms with Gasteiger partial charge >= 0.3 is 0 Å². The third-order valence-electron chi connectivity index (χ3n) is 3.15. The van der Waals surface area contributed by atoms with Gasteiger partial charge in [-0.25, -0.2) is 0 Å². The van der Waals surface area contributed by atoms with Crippen LogP contribution in [-0.4, -0.2) is 29.2 Å². The molecule has 1 aromatic carbocycles. The molecule has 1 saturated carbocycles. The lowest BCUT2D eigenvalue weighted by atomic mass is 10.1. The van der Waals surface area contributed by atoms with Crippen LogP contribution >= 0.6 is 0 Å². The molecule has 0 aliphatic heterocycles. The molecule has 0 heterocycles. The zero-order chi connectivity index (χ0) is 10.7. The molecule has 1 atom stereocenters. The summed E-state index contributed by atoms with van der Waals surface area (Å²) >= 11 is 0. The second kappa shape index (κ2) is 4.77. The fraction of sp³-hybridized carbons (Fsp3) is 0.538. The molecule has 15 heavy (non-hydrogen) atoms. The summed E-state index contributed by atoms with van der Waals surface area (Å²) in [5.41, 5.74) is 1.35. The van der Waals surface area contributed by atoms with E-state index in [1.807, 2.05) is 6.07 Å². The predicted molar refractivity (Wildman–Crippen MR) is 61.7 cm³/mol. The zero-order valence-corrected chi connectivity index (χ0v) is 9.26.